The summed E-state index contributed by atoms with van der Waals surface area (Å²) in [4.78, 5) is 11.2. The first-order chi connectivity index (χ1) is 15.7. The van der Waals surface area contributed by atoms with E-state index in [4.69, 9.17) is 15.9 Å². The summed E-state index contributed by atoms with van der Waals surface area (Å²) in [5.74, 6) is 1.65. The van der Waals surface area contributed by atoms with E-state index in [0.29, 0.717) is 16.5 Å². The van der Waals surface area contributed by atoms with Crippen LogP contribution in [0.1, 0.15) is 48.9 Å². The van der Waals surface area contributed by atoms with Crippen molar-refractivity contribution < 1.29 is 8.78 Å². The Balaban J connectivity index is 1.70. The van der Waals surface area contributed by atoms with Gasteiger partial charge in [-0.05, 0) is 49.4 Å². The maximum absolute atomic E-state index is 14.1. The van der Waals surface area contributed by atoms with E-state index >= 15 is 0 Å². The number of hydrogen-bond donors (Lipinski definition) is 3. The van der Waals surface area contributed by atoms with Crippen molar-refractivity contribution in [3.63, 3.8) is 0 Å². The van der Waals surface area contributed by atoms with Gasteiger partial charge in [0.2, 0.25) is 0 Å². The molecule has 6 nitrogen and oxygen atoms in total. The van der Waals surface area contributed by atoms with Gasteiger partial charge in [-0.2, -0.15) is 0 Å². The molecule has 2 atom stereocenters. The minimum absolute atomic E-state index is 0.0515. The standard InChI is InChI=1S/C24H32F2N6S/c1-16(30-18-9-11-29-22(14-18)33(2)28)19-13-17-7-5-3-4-6-8-20(17)31-23(19)32-12-10-24(25,26)21(27)15-32/h9,11,13-14,21H,1-8,10,12,15,27-28H2,(H,29,30). The molecule has 0 saturated carbocycles. The Morgan fingerprint density at radius 2 is 1.97 bits per heavy atom. The van der Waals surface area contributed by atoms with Crippen molar-refractivity contribution in [3.05, 3.63) is 47.8 Å². The van der Waals surface area contributed by atoms with Crippen molar-refractivity contribution in [2.75, 3.05) is 23.3 Å². The Bertz CT molecular complexity index is 1060. The SMILES string of the molecule is C=C(Nc1ccnc(S(=C)N)c1)c1cc2c(nc1N1CCC(F)(F)C(N)C1)CCCCCC2. The molecule has 2 aromatic heterocycles. The van der Waals surface area contributed by atoms with E-state index in [1.54, 1.807) is 6.20 Å². The van der Waals surface area contributed by atoms with E-state index < -0.39 is 22.6 Å². The molecule has 1 saturated heterocycles. The van der Waals surface area contributed by atoms with Crippen LogP contribution in [0.4, 0.5) is 20.3 Å². The number of aryl methyl sites for hydroxylation is 2. The lowest BCUT2D eigenvalue weighted by Gasteiger charge is -2.38. The number of fused-ring (bicyclic) bond motifs is 1. The number of anilines is 2. The average molecular weight is 475 g/mol. The third-order valence-electron chi connectivity index (χ3n) is 6.38. The van der Waals surface area contributed by atoms with Crippen LogP contribution in [0.5, 0.6) is 0 Å². The minimum atomic E-state index is -2.86. The number of nitrogens with one attached hydrogen (secondary N) is 1. The number of halogens is 2. The second-order valence-electron chi connectivity index (χ2n) is 8.86. The van der Waals surface area contributed by atoms with E-state index in [1.807, 2.05) is 17.0 Å². The van der Waals surface area contributed by atoms with Crippen LogP contribution in [0, 0.1) is 0 Å². The maximum atomic E-state index is 14.1. The normalized spacial score (nSPS) is 21.5. The van der Waals surface area contributed by atoms with Gasteiger partial charge in [-0.3, -0.25) is 5.14 Å². The number of nitrogens with two attached hydrogens (primary N) is 2. The second kappa shape index (κ2) is 9.87. The fourth-order valence-corrected chi connectivity index (χ4v) is 4.91. The highest BCUT2D eigenvalue weighted by atomic mass is 32.2. The fourth-order valence-electron chi connectivity index (χ4n) is 4.44. The smallest absolute Gasteiger partial charge is 0.266 e. The van der Waals surface area contributed by atoms with Crippen LogP contribution in [0.2, 0.25) is 0 Å². The van der Waals surface area contributed by atoms with Gasteiger partial charge < -0.3 is 16.0 Å². The highest BCUT2D eigenvalue weighted by molar-refractivity contribution is 8.12. The van der Waals surface area contributed by atoms with E-state index in [-0.39, 0.29) is 19.5 Å². The zero-order chi connectivity index (χ0) is 23.6. The van der Waals surface area contributed by atoms with Gasteiger partial charge in [0.15, 0.2) is 0 Å². The van der Waals surface area contributed by atoms with Crippen LogP contribution in [0.25, 0.3) is 5.70 Å². The number of hydrogen-bond acceptors (Lipinski definition) is 6. The average Bonchev–Trinajstić information content (AvgIpc) is 2.76. The lowest BCUT2D eigenvalue weighted by atomic mass is 9.94. The molecular formula is C24H32F2N6S. The molecule has 0 bridgehead atoms. The Morgan fingerprint density at radius 1 is 1.21 bits per heavy atom. The molecule has 1 aliphatic heterocycles. The van der Waals surface area contributed by atoms with Crippen LogP contribution in [0.15, 0.2) is 36.0 Å². The largest absolute Gasteiger partial charge is 0.355 e. The summed E-state index contributed by atoms with van der Waals surface area (Å²) in [6.07, 6.45) is 7.83. The molecule has 1 aliphatic carbocycles. The Morgan fingerprint density at radius 3 is 2.70 bits per heavy atom. The van der Waals surface area contributed by atoms with E-state index in [0.717, 1.165) is 42.6 Å². The van der Waals surface area contributed by atoms with Crippen molar-refractivity contribution in [2.45, 2.75) is 61.9 Å². The molecule has 2 aliphatic rings. The van der Waals surface area contributed by atoms with E-state index in [9.17, 15) is 8.78 Å². The van der Waals surface area contributed by atoms with Crippen LogP contribution in [0.3, 0.4) is 0 Å². The maximum Gasteiger partial charge on any atom is 0.266 e. The highest BCUT2D eigenvalue weighted by Gasteiger charge is 2.42. The van der Waals surface area contributed by atoms with Gasteiger partial charge in [0, 0.05) is 48.3 Å². The fraction of sp³-hybridized carbons (Fsp3) is 0.458. The minimum Gasteiger partial charge on any atom is -0.355 e. The van der Waals surface area contributed by atoms with Gasteiger partial charge >= 0.3 is 0 Å². The predicted molar refractivity (Wildman–Crippen MR) is 134 cm³/mol. The second-order valence-corrected chi connectivity index (χ2v) is 10.1. The van der Waals surface area contributed by atoms with Gasteiger partial charge in [0.05, 0.1) is 6.04 Å². The molecule has 0 amide bonds. The summed E-state index contributed by atoms with van der Waals surface area (Å²) in [6, 6.07) is 4.58. The molecule has 4 rings (SSSR count). The van der Waals surface area contributed by atoms with Gasteiger partial charge in [-0.1, -0.05) is 36.0 Å². The summed E-state index contributed by atoms with van der Waals surface area (Å²) in [7, 11) is -0.710. The van der Waals surface area contributed by atoms with Crippen LogP contribution >= 0.6 is 10.7 Å². The van der Waals surface area contributed by atoms with Crippen molar-refractivity contribution in [1.29, 1.82) is 0 Å². The summed E-state index contributed by atoms with van der Waals surface area (Å²) in [5, 5.41) is 9.92. The quantitative estimate of drug-likeness (QED) is 0.559. The summed E-state index contributed by atoms with van der Waals surface area (Å²) >= 11 is 0. The number of piperidine rings is 1. The van der Waals surface area contributed by atoms with Gasteiger partial charge in [-0.15, -0.1) is 0 Å². The van der Waals surface area contributed by atoms with Gasteiger partial charge in [-0.25, -0.2) is 18.7 Å². The third-order valence-corrected chi connectivity index (χ3v) is 7.14. The van der Waals surface area contributed by atoms with E-state index in [2.05, 4.69) is 28.8 Å². The zero-order valence-electron chi connectivity index (χ0n) is 18.8. The molecule has 2 unspecified atom stereocenters. The first kappa shape index (κ1) is 23.8. The molecule has 5 N–H and O–H groups in total. The molecule has 0 radical (unpaired) electrons. The number of pyridine rings is 2. The summed E-state index contributed by atoms with van der Waals surface area (Å²) in [5.41, 5.74) is 10.3. The topological polar surface area (TPSA) is 93.1 Å². The van der Waals surface area contributed by atoms with E-state index in [1.165, 1.54) is 18.4 Å². The first-order valence-corrected chi connectivity index (χ1v) is 12.8. The molecule has 0 aromatic carbocycles. The number of nitrogens with zero attached hydrogens (tertiary/aromatic N) is 3. The first-order valence-electron chi connectivity index (χ1n) is 11.4. The van der Waals surface area contributed by atoms with Gasteiger partial charge in [0.1, 0.15) is 10.8 Å². The highest BCUT2D eigenvalue weighted by Crippen LogP contribution is 2.35. The van der Waals surface area contributed by atoms with Gasteiger partial charge in [0.25, 0.3) is 5.92 Å². The molecule has 0 spiro atoms. The summed E-state index contributed by atoms with van der Waals surface area (Å²) < 4.78 is 28.2. The van der Waals surface area contributed by atoms with Crippen molar-refractivity contribution in [2.24, 2.45) is 10.9 Å². The third kappa shape index (κ3) is 5.42. The Hall–Kier alpha value is -2.36. The Kier molecular flexibility index (Phi) is 7.11. The number of alkyl halides is 2. The van der Waals surface area contributed by atoms with Crippen LogP contribution < -0.4 is 21.1 Å². The predicted octanol–water partition coefficient (Wildman–Crippen LogP) is 4.32. The lowest BCUT2D eigenvalue weighted by Crippen LogP contribution is -2.55. The van der Waals surface area contributed by atoms with Crippen molar-refractivity contribution >= 4 is 33.7 Å². The molecule has 178 valence electrons. The van der Waals surface area contributed by atoms with Crippen LogP contribution in [-0.2, 0) is 12.8 Å². The molecule has 2 aromatic rings. The molecule has 1 fully saturated rings. The zero-order valence-corrected chi connectivity index (χ0v) is 19.6. The Labute approximate surface area is 196 Å². The number of aromatic nitrogens is 2. The van der Waals surface area contributed by atoms with Crippen molar-refractivity contribution in [1.82, 2.24) is 9.97 Å². The van der Waals surface area contributed by atoms with Crippen molar-refractivity contribution in [3.8, 4) is 0 Å². The molecule has 9 heteroatoms. The molecular weight excluding hydrogens is 442 g/mol. The monoisotopic (exact) mass is 474 g/mol. The summed E-state index contributed by atoms with van der Waals surface area (Å²) in [6.45, 7) is 4.52. The lowest BCUT2D eigenvalue weighted by molar-refractivity contribution is -0.0394. The molecule has 3 heterocycles. The molecule has 33 heavy (non-hydrogen) atoms. The van der Waals surface area contributed by atoms with Crippen LogP contribution in [-0.4, -0.2) is 40.9 Å². The number of rotatable bonds is 5.